The number of aliphatic hydroxyl groups excluding tert-OH is 4. The van der Waals surface area contributed by atoms with Gasteiger partial charge in [0, 0.05) is 0 Å². The van der Waals surface area contributed by atoms with Gasteiger partial charge < -0.3 is 25.7 Å². The second kappa shape index (κ2) is 45.9. The predicted molar refractivity (Wildman–Crippen MR) is 247 cm³/mol. The van der Waals surface area contributed by atoms with E-state index >= 15 is 0 Å². The van der Waals surface area contributed by atoms with Crippen LogP contribution >= 0.6 is 0 Å². The van der Waals surface area contributed by atoms with E-state index in [2.05, 4.69) is 43.5 Å². The lowest BCUT2D eigenvalue weighted by Crippen LogP contribution is -2.53. The topological polar surface area (TPSA) is 110 Å². The molecule has 0 rings (SSSR count). The summed E-state index contributed by atoms with van der Waals surface area (Å²) in [7, 11) is 0. The van der Waals surface area contributed by atoms with E-state index in [1.807, 2.05) is 0 Å². The van der Waals surface area contributed by atoms with E-state index in [-0.39, 0.29) is 0 Å². The Bertz CT molecular complexity index is 863. The molecule has 57 heavy (non-hydrogen) atoms. The van der Waals surface area contributed by atoms with Crippen LogP contribution in [0.3, 0.4) is 0 Å². The zero-order valence-corrected chi connectivity index (χ0v) is 38.1. The van der Waals surface area contributed by atoms with Gasteiger partial charge in [-0.15, -0.1) is 0 Å². The molecule has 1 amide bonds. The summed E-state index contributed by atoms with van der Waals surface area (Å²) in [5.74, 6) is -0.603. The van der Waals surface area contributed by atoms with Gasteiger partial charge in [0.2, 0.25) is 5.91 Å². The monoisotopic (exact) mass is 806 g/mol. The van der Waals surface area contributed by atoms with Crippen LogP contribution in [0.15, 0.2) is 24.3 Å². The van der Waals surface area contributed by atoms with E-state index < -0.39 is 36.9 Å². The molecular formula is C51H99NO5. The fourth-order valence-electron chi connectivity index (χ4n) is 7.87. The first kappa shape index (κ1) is 55.8. The maximum absolute atomic E-state index is 12.5. The third-order valence-corrected chi connectivity index (χ3v) is 11.9. The van der Waals surface area contributed by atoms with Crippen molar-refractivity contribution in [2.24, 2.45) is 0 Å². The first-order chi connectivity index (χ1) is 28.0. The Morgan fingerprint density at radius 1 is 0.421 bits per heavy atom. The number of nitrogens with one attached hydrogen (secondary N) is 1. The third-order valence-electron chi connectivity index (χ3n) is 11.9. The number of hydrogen-bond donors (Lipinski definition) is 5. The zero-order chi connectivity index (χ0) is 41.7. The molecule has 0 spiro atoms. The van der Waals surface area contributed by atoms with Crippen molar-refractivity contribution in [3.8, 4) is 0 Å². The molecule has 338 valence electrons. The van der Waals surface area contributed by atoms with Crippen LogP contribution in [0.1, 0.15) is 264 Å². The van der Waals surface area contributed by atoms with Gasteiger partial charge >= 0.3 is 0 Å². The number of aliphatic hydroxyl groups is 4. The number of amides is 1. The summed E-state index contributed by atoms with van der Waals surface area (Å²) in [5, 5.41) is 43.6. The standard InChI is InChI=1S/C51H99NO5/c1-3-5-7-9-11-13-15-16-17-18-19-20-21-22-23-24-25-26-27-28-29-30-31-32-33-35-36-38-40-42-44-48(54)50(56)47(46-53)52-51(57)49(55)45-43-41-39-37-34-14-12-10-8-6-4-2/h12,14,36,38,47-50,53-56H,3-11,13,15-35,37,39-46H2,1-2H3,(H,52,57)/b14-12-,38-36+. The van der Waals surface area contributed by atoms with Crippen molar-refractivity contribution in [1.29, 1.82) is 0 Å². The van der Waals surface area contributed by atoms with Crippen molar-refractivity contribution in [3.05, 3.63) is 24.3 Å². The van der Waals surface area contributed by atoms with Crippen molar-refractivity contribution in [2.45, 2.75) is 289 Å². The Morgan fingerprint density at radius 3 is 1.09 bits per heavy atom. The van der Waals surface area contributed by atoms with E-state index in [9.17, 15) is 25.2 Å². The zero-order valence-electron chi connectivity index (χ0n) is 38.1. The van der Waals surface area contributed by atoms with Crippen LogP contribution in [0, 0.1) is 0 Å². The predicted octanol–water partition coefficient (Wildman–Crippen LogP) is 13.9. The van der Waals surface area contributed by atoms with E-state index in [0.29, 0.717) is 12.8 Å². The van der Waals surface area contributed by atoms with Crippen molar-refractivity contribution >= 4 is 5.91 Å². The Morgan fingerprint density at radius 2 is 0.719 bits per heavy atom. The molecule has 0 aliphatic rings. The number of carbonyl (C=O) groups excluding carboxylic acids is 1. The quantitative estimate of drug-likeness (QED) is 0.0311. The van der Waals surface area contributed by atoms with Crippen molar-refractivity contribution in [3.63, 3.8) is 0 Å². The lowest BCUT2D eigenvalue weighted by Gasteiger charge is -2.27. The van der Waals surface area contributed by atoms with Gasteiger partial charge in [0.25, 0.3) is 0 Å². The summed E-state index contributed by atoms with van der Waals surface area (Å²) in [4.78, 5) is 12.5. The van der Waals surface area contributed by atoms with Crippen LogP contribution in [0.5, 0.6) is 0 Å². The molecule has 0 fully saturated rings. The van der Waals surface area contributed by atoms with E-state index in [1.54, 1.807) is 0 Å². The SMILES string of the molecule is CCCCC/C=C\CCCCCCC(O)C(=O)NC(CO)C(O)C(O)CCC/C=C/CCCCCCCCCCCCCCCCCCCCCCCCCCC. The molecule has 4 unspecified atom stereocenters. The lowest BCUT2D eigenvalue weighted by atomic mass is 10.00. The van der Waals surface area contributed by atoms with Crippen LogP contribution in [-0.4, -0.2) is 57.3 Å². The smallest absolute Gasteiger partial charge is 0.249 e. The number of hydrogen-bond acceptors (Lipinski definition) is 5. The molecule has 4 atom stereocenters. The summed E-state index contributed by atoms with van der Waals surface area (Å²) in [6.45, 7) is 4.01. The molecule has 0 aromatic rings. The molecule has 0 aromatic heterocycles. The average molecular weight is 806 g/mol. The number of carbonyl (C=O) groups is 1. The van der Waals surface area contributed by atoms with Gasteiger partial charge in [0.05, 0.1) is 18.8 Å². The Labute approximate surface area is 354 Å². The summed E-state index contributed by atoms with van der Waals surface area (Å²) in [6.07, 6.45) is 54.0. The molecule has 0 aliphatic carbocycles. The first-order valence-corrected chi connectivity index (χ1v) is 25.2. The van der Waals surface area contributed by atoms with Gasteiger partial charge in [-0.3, -0.25) is 4.79 Å². The van der Waals surface area contributed by atoms with E-state index in [4.69, 9.17) is 0 Å². The molecule has 0 aliphatic heterocycles. The fourth-order valence-corrected chi connectivity index (χ4v) is 7.87. The van der Waals surface area contributed by atoms with Gasteiger partial charge in [-0.2, -0.15) is 0 Å². The number of allylic oxidation sites excluding steroid dienone is 4. The molecule has 0 radical (unpaired) electrons. The highest BCUT2D eigenvalue weighted by molar-refractivity contribution is 5.80. The minimum Gasteiger partial charge on any atom is -0.394 e. The van der Waals surface area contributed by atoms with Crippen LogP contribution in [-0.2, 0) is 4.79 Å². The second-order valence-corrected chi connectivity index (χ2v) is 17.5. The van der Waals surface area contributed by atoms with Crippen molar-refractivity contribution in [2.75, 3.05) is 6.61 Å². The molecule has 5 N–H and O–H groups in total. The highest BCUT2D eigenvalue weighted by atomic mass is 16.3. The van der Waals surface area contributed by atoms with Gasteiger partial charge in [-0.1, -0.05) is 224 Å². The Balaban J connectivity index is 3.60. The first-order valence-electron chi connectivity index (χ1n) is 25.2. The normalized spacial score (nSPS) is 14.1. The molecule has 0 heterocycles. The lowest BCUT2D eigenvalue weighted by molar-refractivity contribution is -0.132. The van der Waals surface area contributed by atoms with E-state index in [1.165, 1.54) is 180 Å². The summed E-state index contributed by atoms with van der Waals surface area (Å²) in [6, 6.07) is -1.00. The van der Waals surface area contributed by atoms with Crippen molar-refractivity contribution < 1.29 is 25.2 Å². The van der Waals surface area contributed by atoms with Crippen LogP contribution < -0.4 is 5.32 Å². The summed E-state index contributed by atoms with van der Waals surface area (Å²) in [5.41, 5.74) is 0. The molecule has 0 aromatic carbocycles. The molecule has 6 heteroatoms. The van der Waals surface area contributed by atoms with Gasteiger partial charge in [0.15, 0.2) is 0 Å². The van der Waals surface area contributed by atoms with Gasteiger partial charge in [-0.05, 0) is 64.2 Å². The van der Waals surface area contributed by atoms with Crippen LogP contribution in [0.25, 0.3) is 0 Å². The number of rotatable bonds is 46. The van der Waals surface area contributed by atoms with E-state index in [0.717, 1.165) is 57.8 Å². The van der Waals surface area contributed by atoms with Crippen molar-refractivity contribution in [1.82, 2.24) is 5.32 Å². The second-order valence-electron chi connectivity index (χ2n) is 17.5. The largest absolute Gasteiger partial charge is 0.394 e. The molecule has 0 saturated carbocycles. The maximum atomic E-state index is 12.5. The minimum absolute atomic E-state index is 0.349. The minimum atomic E-state index is -1.28. The molecule has 0 bridgehead atoms. The van der Waals surface area contributed by atoms with Gasteiger partial charge in [0.1, 0.15) is 12.2 Å². The summed E-state index contributed by atoms with van der Waals surface area (Å²) < 4.78 is 0. The maximum Gasteiger partial charge on any atom is 0.249 e. The van der Waals surface area contributed by atoms with Crippen LogP contribution in [0.4, 0.5) is 0 Å². The highest BCUT2D eigenvalue weighted by Crippen LogP contribution is 2.17. The fraction of sp³-hybridized carbons (Fsp3) is 0.902. The van der Waals surface area contributed by atoms with Gasteiger partial charge in [-0.25, -0.2) is 0 Å². The Hall–Kier alpha value is -1.21. The Kier molecular flexibility index (Phi) is 44.9. The average Bonchev–Trinajstić information content (AvgIpc) is 3.22. The van der Waals surface area contributed by atoms with Crippen LogP contribution in [0.2, 0.25) is 0 Å². The highest BCUT2D eigenvalue weighted by Gasteiger charge is 2.28. The molecule has 0 saturated heterocycles. The third kappa shape index (κ3) is 40.0. The number of unbranched alkanes of at least 4 members (excludes halogenated alkanes) is 33. The molecular weight excluding hydrogens is 707 g/mol. The molecule has 6 nitrogen and oxygen atoms in total. The summed E-state index contributed by atoms with van der Waals surface area (Å²) >= 11 is 0.